The first-order chi connectivity index (χ1) is 8.10. The number of carboxylic acids is 1. The largest absolute Gasteiger partial charge is 0.479 e. The van der Waals surface area contributed by atoms with Crippen molar-refractivity contribution in [2.24, 2.45) is 5.92 Å². The highest BCUT2D eigenvalue weighted by Crippen LogP contribution is 2.25. The fourth-order valence-electron chi connectivity index (χ4n) is 2.57. The van der Waals surface area contributed by atoms with Gasteiger partial charge in [0.2, 0.25) is 5.91 Å². The molecular formula is C12H19NO4. The summed E-state index contributed by atoms with van der Waals surface area (Å²) in [4.78, 5) is 24.3. The van der Waals surface area contributed by atoms with Crippen LogP contribution >= 0.6 is 0 Å². The molecule has 2 aliphatic rings. The van der Waals surface area contributed by atoms with Crippen LogP contribution in [-0.2, 0) is 14.3 Å². The van der Waals surface area contributed by atoms with Crippen molar-refractivity contribution in [3.8, 4) is 0 Å². The van der Waals surface area contributed by atoms with Crippen molar-refractivity contribution in [1.29, 1.82) is 0 Å². The summed E-state index contributed by atoms with van der Waals surface area (Å²) in [5, 5.41) is 8.82. The molecule has 1 amide bonds. The van der Waals surface area contributed by atoms with Crippen LogP contribution in [0.4, 0.5) is 0 Å². The average Bonchev–Trinajstić information content (AvgIpc) is 2.87. The van der Waals surface area contributed by atoms with E-state index in [0.717, 1.165) is 19.4 Å². The van der Waals surface area contributed by atoms with Crippen molar-refractivity contribution in [3.63, 3.8) is 0 Å². The summed E-state index contributed by atoms with van der Waals surface area (Å²) >= 11 is 0. The van der Waals surface area contributed by atoms with E-state index in [4.69, 9.17) is 9.84 Å². The van der Waals surface area contributed by atoms with Crippen LogP contribution in [0.5, 0.6) is 0 Å². The molecule has 1 N–H and O–H groups in total. The van der Waals surface area contributed by atoms with E-state index in [-0.39, 0.29) is 12.0 Å². The summed E-state index contributed by atoms with van der Waals surface area (Å²) in [6, 6.07) is 0. The van der Waals surface area contributed by atoms with Crippen molar-refractivity contribution in [2.75, 3.05) is 13.1 Å². The summed E-state index contributed by atoms with van der Waals surface area (Å²) in [5.74, 6) is -0.259. The molecule has 0 aromatic heterocycles. The SMILES string of the molecule is CCC1CC(=O)N(CC2CCC(C(=O)O)O2)C1. The fraction of sp³-hybridized carbons (Fsp3) is 0.833. The Morgan fingerprint density at radius 1 is 1.53 bits per heavy atom. The number of ether oxygens (including phenoxy) is 1. The van der Waals surface area contributed by atoms with Gasteiger partial charge in [-0.15, -0.1) is 0 Å². The number of hydrogen-bond donors (Lipinski definition) is 1. The van der Waals surface area contributed by atoms with Gasteiger partial charge in [0.1, 0.15) is 0 Å². The third kappa shape index (κ3) is 2.77. The van der Waals surface area contributed by atoms with Gasteiger partial charge in [-0.2, -0.15) is 0 Å². The first-order valence-electron chi connectivity index (χ1n) is 6.26. The normalized spacial score (nSPS) is 33.4. The molecule has 3 unspecified atom stereocenters. The molecule has 2 heterocycles. The van der Waals surface area contributed by atoms with Gasteiger partial charge in [-0.05, 0) is 18.8 Å². The summed E-state index contributed by atoms with van der Waals surface area (Å²) in [6.07, 6.45) is 2.16. The number of rotatable bonds is 4. The number of likely N-dealkylation sites (tertiary alicyclic amines) is 1. The Morgan fingerprint density at radius 2 is 2.29 bits per heavy atom. The van der Waals surface area contributed by atoms with E-state index in [1.807, 2.05) is 4.90 Å². The highest BCUT2D eigenvalue weighted by molar-refractivity contribution is 5.78. The number of carbonyl (C=O) groups excluding carboxylic acids is 1. The molecule has 5 heteroatoms. The van der Waals surface area contributed by atoms with Crippen LogP contribution in [0.25, 0.3) is 0 Å². The maximum atomic E-state index is 11.7. The Labute approximate surface area is 101 Å². The highest BCUT2D eigenvalue weighted by atomic mass is 16.5. The average molecular weight is 241 g/mol. The van der Waals surface area contributed by atoms with Gasteiger partial charge in [0.25, 0.3) is 0 Å². The van der Waals surface area contributed by atoms with E-state index < -0.39 is 12.1 Å². The summed E-state index contributed by atoms with van der Waals surface area (Å²) in [7, 11) is 0. The molecule has 3 atom stereocenters. The van der Waals surface area contributed by atoms with Gasteiger partial charge in [0, 0.05) is 19.5 Å². The lowest BCUT2D eigenvalue weighted by Gasteiger charge is -2.20. The second kappa shape index (κ2) is 5.04. The van der Waals surface area contributed by atoms with E-state index in [2.05, 4.69) is 6.92 Å². The number of nitrogens with zero attached hydrogens (tertiary/aromatic N) is 1. The van der Waals surface area contributed by atoms with Gasteiger partial charge in [-0.3, -0.25) is 4.79 Å². The molecule has 0 aromatic rings. The van der Waals surface area contributed by atoms with E-state index in [9.17, 15) is 9.59 Å². The lowest BCUT2D eigenvalue weighted by atomic mass is 10.1. The Balaban J connectivity index is 1.82. The lowest BCUT2D eigenvalue weighted by molar-refractivity contribution is -0.149. The first-order valence-corrected chi connectivity index (χ1v) is 6.26. The molecule has 2 aliphatic heterocycles. The smallest absolute Gasteiger partial charge is 0.332 e. The van der Waals surface area contributed by atoms with Crippen molar-refractivity contribution in [3.05, 3.63) is 0 Å². The van der Waals surface area contributed by atoms with Crippen molar-refractivity contribution in [1.82, 2.24) is 4.90 Å². The third-order valence-corrected chi connectivity index (χ3v) is 3.68. The fourth-order valence-corrected chi connectivity index (χ4v) is 2.57. The van der Waals surface area contributed by atoms with Gasteiger partial charge in [-0.25, -0.2) is 4.79 Å². The molecule has 2 saturated heterocycles. The number of carboxylic acid groups (broad SMARTS) is 1. The van der Waals surface area contributed by atoms with Crippen molar-refractivity contribution >= 4 is 11.9 Å². The minimum atomic E-state index is -0.897. The summed E-state index contributed by atoms with van der Waals surface area (Å²) < 4.78 is 5.41. The van der Waals surface area contributed by atoms with Gasteiger partial charge < -0.3 is 14.7 Å². The van der Waals surface area contributed by atoms with Crippen LogP contribution in [0.1, 0.15) is 32.6 Å². The topological polar surface area (TPSA) is 66.8 Å². The molecule has 17 heavy (non-hydrogen) atoms. The van der Waals surface area contributed by atoms with Crippen LogP contribution < -0.4 is 0 Å². The molecule has 0 spiro atoms. The first kappa shape index (κ1) is 12.4. The minimum Gasteiger partial charge on any atom is -0.479 e. The minimum absolute atomic E-state index is 0.101. The Hall–Kier alpha value is -1.10. The lowest BCUT2D eigenvalue weighted by Crippen LogP contribution is -2.34. The van der Waals surface area contributed by atoms with Gasteiger partial charge in [-0.1, -0.05) is 13.3 Å². The molecule has 96 valence electrons. The maximum Gasteiger partial charge on any atom is 0.332 e. The quantitative estimate of drug-likeness (QED) is 0.793. The maximum absolute atomic E-state index is 11.7. The monoisotopic (exact) mass is 241 g/mol. The van der Waals surface area contributed by atoms with Crippen LogP contribution in [-0.4, -0.2) is 47.2 Å². The van der Waals surface area contributed by atoms with Gasteiger partial charge in [0.15, 0.2) is 6.10 Å². The molecule has 0 saturated carbocycles. The molecule has 0 bridgehead atoms. The van der Waals surface area contributed by atoms with Crippen molar-refractivity contribution in [2.45, 2.75) is 44.8 Å². The van der Waals surface area contributed by atoms with E-state index in [1.165, 1.54) is 0 Å². The molecule has 2 rings (SSSR count). The van der Waals surface area contributed by atoms with E-state index in [0.29, 0.717) is 25.3 Å². The van der Waals surface area contributed by atoms with Crippen LogP contribution in [0.3, 0.4) is 0 Å². The summed E-state index contributed by atoms with van der Waals surface area (Å²) in [6.45, 7) is 3.44. The predicted molar refractivity (Wildman–Crippen MR) is 60.5 cm³/mol. The molecule has 5 nitrogen and oxygen atoms in total. The zero-order valence-electron chi connectivity index (χ0n) is 10.1. The Morgan fingerprint density at radius 3 is 2.82 bits per heavy atom. The highest BCUT2D eigenvalue weighted by Gasteiger charge is 2.35. The second-order valence-electron chi connectivity index (χ2n) is 4.94. The van der Waals surface area contributed by atoms with Crippen LogP contribution in [0, 0.1) is 5.92 Å². The van der Waals surface area contributed by atoms with Crippen LogP contribution in [0.15, 0.2) is 0 Å². The van der Waals surface area contributed by atoms with Crippen molar-refractivity contribution < 1.29 is 19.4 Å². The van der Waals surface area contributed by atoms with Gasteiger partial charge >= 0.3 is 5.97 Å². The number of hydrogen-bond acceptors (Lipinski definition) is 3. The zero-order chi connectivity index (χ0) is 12.4. The zero-order valence-corrected chi connectivity index (χ0v) is 10.1. The molecule has 0 aromatic carbocycles. The second-order valence-corrected chi connectivity index (χ2v) is 4.94. The molecule has 2 fully saturated rings. The Kier molecular flexibility index (Phi) is 3.66. The summed E-state index contributed by atoms with van der Waals surface area (Å²) in [5.41, 5.74) is 0. The third-order valence-electron chi connectivity index (χ3n) is 3.68. The number of carbonyl (C=O) groups is 2. The molecular weight excluding hydrogens is 222 g/mol. The van der Waals surface area contributed by atoms with Gasteiger partial charge in [0.05, 0.1) is 6.10 Å². The molecule has 0 aliphatic carbocycles. The number of aliphatic carboxylic acids is 1. The van der Waals surface area contributed by atoms with E-state index in [1.54, 1.807) is 0 Å². The standard InChI is InChI=1S/C12H19NO4/c1-2-8-5-11(14)13(6-8)7-9-3-4-10(17-9)12(15)16/h8-10H,2-7H2,1H3,(H,15,16). The van der Waals surface area contributed by atoms with Crippen LogP contribution in [0.2, 0.25) is 0 Å². The van der Waals surface area contributed by atoms with E-state index >= 15 is 0 Å². The predicted octanol–water partition coefficient (Wildman–Crippen LogP) is 0.877. The molecule has 0 radical (unpaired) electrons. The number of amides is 1. The Bertz CT molecular complexity index is 318.